The van der Waals surface area contributed by atoms with Crippen molar-refractivity contribution in [2.75, 3.05) is 6.54 Å². The summed E-state index contributed by atoms with van der Waals surface area (Å²) in [5.41, 5.74) is 7.61. The largest absolute Gasteiger partial charge is 0.438 e. The van der Waals surface area contributed by atoms with E-state index in [-0.39, 0.29) is 5.41 Å². The number of allylic oxidation sites excluding steroid dienone is 2. The second kappa shape index (κ2) is 4.09. The van der Waals surface area contributed by atoms with Gasteiger partial charge in [0.1, 0.15) is 0 Å². The van der Waals surface area contributed by atoms with Gasteiger partial charge in [0.15, 0.2) is 5.82 Å². The first-order valence-electron chi connectivity index (χ1n) is 6.61. The van der Waals surface area contributed by atoms with E-state index in [1.165, 1.54) is 6.42 Å². The molecule has 0 unspecified atom stereocenters. The zero-order chi connectivity index (χ0) is 12.8. The number of H-pyrrole nitrogens is 1. The molecule has 0 aliphatic heterocycles. The highest BCUT2D eigenvalue weighted by Crippen LogP contribution is 2.58. The molecule has 98 valence electrons. The minimum absolute atomic E-state index is 0.0708. The van der Waals surface area contributed by atoms with Crippen molar-refractivity contribution in [2.24, 2.45) is 23.0 Å². The van der Waals surface area contributed by atoms with Gasteiger partial charge in [0.05, 0.1) is 0 Å². The SMILES string of the molecule is CCC1=C[C@H]2[C@@H](C1)C[C@@]2(CN)Cc1noc(=O)[nH]1. The number of nitrogens with one attached hydrogen (secondary N) is 1. The van der Waals surface area contributed by atoms with Gasteiger partial charge < -0.3 is 5.73 Å². The van der Waals surface area contributed by atoms with Gasteiger partial charge in [0.2, 0.25) is 0 Å². The van der Waals surface area contributed by atoms with Crippen LogP contribution in [0.2, 0.25) is 0 Å². The molecule has 3 N–H and O–H groups in total. The summed E-state index contributed by atoms with van der Waals surface area (Å²) in [4.78, 5) is 13.6. The van der Waals surface area contributed by atoms with E-state index in [2.05, 4.69) is 27.7 Å². The van der Waals surface area contributed by atoms with Crippen molar-refractivity contribution < 1.29 is 4.52 Å². The number of rotatable bonds is 4. The van der Waals surface area contributed by atoms with E-state index in [0.29, 0.717) is 24.7 Å². The average Bonchev–Trinajstić information content (AvgIpc) is 2.91. The highest BCUT2D eigenvalue weighted by Gasteiger charge is 2.54. The van der Waals surface area contributed by atoms with Crippen molar-refractivity contribution in [3.8, 4) is 0 Å². The van der Waals surface area contributed by atoms with E-state index in [1.54, 1.807) is 5.57 Å². The van der Waals surface area contributed by atoms with Gasteiger partial charge >= 0.3 is 5.76 Å². The van der Waals surface area contributed by atoms with Gasteiger partial charge in [-0.2, -0.15) is 0 Å². The van der Waals surface area contributed by atoms with Crippen LogP contribution < -0.4 is 11.5 Å². The van der Waals surface area contributed by atoms with E-state index in [1.807, 2.05) is 0 Å². The van der Waals surface area contributed by atoms with Gasteiger partial charge in [-0.3, -0.25) is 9.51 Å². The topological polar surface area (TPSA) is 84.9 Å². The van der Waals surface area contributed by atoms with Crippen LogP contribution in [0.3, 0.4) is 0 Å². The highest BCUT2D eigenvalue weighted by molar-refractivity contribution is 5.24. The molecule has 0 saturated heterocycles. The lowest BCUT2D eigenvalue weighted by molar-refractivity contribution is 0.00683. The number of nitrogens with two attached hydrogens (primary N) is 1. The number of fused-ring (bicyclic) bond motifs is 1. The predicted molar refractivity (Wildman–Crippen MR) is 66.9 cm³/mol. The lowest BCUT2D eigenvalue weighted by atomic mass is 9.53. The van der Waals surface area contributed by atoms with Crippen LogP contribution in [0.25, 0.3) is 0 Å². The molecule has 1 fully saturated rings. The summed E-state index contributed by atoms with van der Waals surface area (Å²) in [7, 11) is 0. The Bertz CT molecular complexity index is 530. The number of hydrogen-bond acceptors (Lipinski definition) is 4. The molecule has 0 aromatic carbocycles. The van der Waals surface area contributed by atoms with Gasteiger partial charge in [-0.15, -0.1) is 0 Å². The molecule has 0 bridgehead atoms. The summed E-state index contributed by atoms with van der Waals surface area (Å²) < 4.78 is 4.56. The summed E-state index contributed by atoms with van der Waals surface area (Å²) in [6.45, 7) is 2.84. The Morgan fingerprint density at radius 1 is 1.67 bits per heavy atom. The summed E-state index contributed by atoms with van der Waals surface area (Å²) in [6.07, 6.45) is 6.60. The van der Waals surface area contributed by atoms with Gasteiger partial charge in [0, 0.05) is 6.42 Å². The fourth-order valence-electron chi connectivity index (χ4n) is 3.71. The van der Waals surface area contributed by atoms with Gasteiger partial charge in [-0.25, -0.2) is 4.79 Å². The van der Waals surface area contributed by atoms with Crippen LogP contribution in [-0.2, 0) is 6.42 Å². The van der Waals surface area contributed by atoms with Gasteiger partial charge in [0.25, 0.3) is 0 Å². The molecule has 1 aromatic rings. The van der Waals surface area contributed by atoms with Crippen molar-refractivity contribution in [2.45, 2.75) is 32.6 Å². The van der Waals surface area contributed by atoms with Crippen LogP contribution in [0.4, 0.5) is 0 Å². The van der Waals surface area contributed by atoms with Crippen molar-refractivity contribution in [3.63, 3.8) is 0 Å². The van der Waals surface area contributed by atoms with Crippen LogP contribution >= 0.6 is 0 Å². The van der Waals surface area contributed by atoms with Crippen molar-refractivity contribution >= 4 is 0 Å². The van der Waals surface area contributed by atoms with Crippen LogP contribution in [0.1, 0.15) is 32.0 Å². The standard InChI is InChI=1S/C13H19N3O2/c1-2-8-3-9-5-13(7-14,10(9)4-8)6-11-15-12(17)18-16-11/h4,9-10H,2-3,5-7,14H2,1H3,(H,15,16,17)/t9-,10-,13-/m0/s1. The lowest BCUT2D eigenvalue weighted by Gasteiger charge is -2.51. The number of hydrogen-bond donors (Lipinski definition) is 2. The fraction of sp³-hybridized carbons (Fsp3) is 0.692. The summed E-state index contributed by atoms with van der Waals surface area (Å²) in [5.74, 6) is 1.45. The zero-order valence-corrected chi connectivity index (χ0v) is 10.6. The minimum atomic E-state index is -0.482. The van der Waals surface area contributed by atoms with Crippen molar-refractivity contribution in [3.05, 3.63) is 28.0 Å². The fourth-order valence-corrected chi connectivity index (χ4v) is 3.71. The molecule has 0 amide bonds. The Hall–Kier alpha value is -1.36. The number of aromatic nitrogens is 2. The molecular weight excluding hydrogens is 230 g/mol. The Balaban J connectivity index is 1.80. The maximum atomic E-state index is 11.0. The first-order chi connectivity index (χ1) is 8.66. The van der Waals surface area contributed by atoms with E-state index in [0.717, 1.165) is 18.8 Å². The van der Waals surface area contributed by atoms with Gasteiger partial charge in [-0.1, -0.05) is 23.7 Å². The van der Waals surface area contributed by atoms with E-state index < -0.39 is 5.76 Å². The Kier molecular flexibility index (Phi) is 2.66. The summed E-state index contributed by atoms with van der Waals surface area (Å²) >= 11 is 0. The Morgan fingerprint density at radius 3 is 3.11 bits per heavy atom. The smallest absolute Gasteiger partial charge is 0.330 e. The molecule has 3 atom stereocenters. The third-order valence-electron chi connectivity index (χ3n) is 4.69. The Labute approximate surface area is 105 Å². The first kappa shape index (κ1) is 11.7. The van der Waals surface area contributed by atoms with Crippen molar-refractivity contribution in [1.82, 2.24) is 10.1 Å². The van der Waals surface area contributed by atoms with E-state index in [4.69, 9.17) is 5.73 Å². The van der Waals surface area contributed by atoms with E-state index >= 15 is 0 Å². The molecule has 2 aliphatic carbocycles. The third kappa shape index (κ3) is 1.65. The molecule has 5 nitrogen and oxygen atoms in total. The number of aromatic amines is 1. The van der Waals surface area contributed by atoms with Gasteiger partial charge in [-0.05, 0) is 43.1 Å². The van der Waals surface area contributed by atoms with Crippen LogP contribution in [-0.4, -0.2) is 16.7 Å². The molecule has 2 aliphatic rings. The highest BCUT2D eigenvalue weighted by atomic mass is 16.5. The molecule has 3 rings (SSSR count). The van der Waals surface area contributed by atoms with Crippen molar-refractivity contribution in [1.29, 1.82) is 0 Å². The monoisotopic (exact) mass is 249 g/mol. The Morgan fingerprint density at radius 2 is 2.50 bits per heavy atom. The molecule has 5 heteroatoms. The molecule has 0 radical (unpaired) electrons. The number of nitrogens with zero attached hydrogens (tertiary/aromatic N) is 1. The van der Waals surface area contributed by atoms with Crippen LogP contribution in [0, 0.1) is 17.3 Å². The minimum Gasteiger partial charge on any atom is -0.330 e. The third-order valence-corrected chi connectivity index (χ3v) is 4.69. The lowest BCUT2D eigenvalue weighted by Crippen LogP contribution is -2.51. The van der Waals surface area contributed by atoms with E-state index in [9.17, 15) is 4.79 Å². The molecular formula is C13H19N3O2. The average molecular weight is 249 g/mol. The normalized spacial score (nSPS) is 34.0. The van der Waals surface area contributed by atoms with Crippen LogP contribution in [0.15, 0.2) is 21.0 Å². The summed E-state index contributed by atoms with van der Waals surface area (Å²) in [5, 5.41) is 3.76. The quantitative estimate of drug-likeness (QED) is 0.786. The maximum Gasteiger partial charge on any atom is 0.438 e. The van der Waals surface area contributed by atoms with Crippen LogP contribution in [0.5, 0.6) is 0 Å². The predicted octanol–water partition coefficient (Wildman–Crippen LogP) is 1.23. The molecule has 18 heavy (non-hydrogen) atoms. The second-order valence-electron chi connectivity index (χ2n) is 5.66. The molecule has 1 heterocycles. The zero-order valence-electron chi connectivity index (χ0n) is 10.6. The molecule has 1 saturated carbocycles. The molecule has 0 spiro atoms. The first-order valence-corrected chi connectivity index (χ1v) is 6.61. The maximum absolute atomic E-state index is 11.0. The second-order valence-corrected chi connectivity index (χ2v) is 5.66. The summed E-state index contributed by atoms with van der Waals surface area (Å²) in [6, 6.07) is 0. The molecule has 1 aromatic heterocycles.